The predicted octanol–water partition coefficient (Wildman–Crippen LogP) is 2.82. The molecule has 7 nitrogen and oxygen atoms in total. The van der Waals surface area contributed by atoms with E-state index < -0.39 is 17.8 Å². The van der Waals surface area contributed by atoms with E-state index in [1.165, 1.54) is 18.4 Å². The SMILES string of the molecule is O=C(CN1C(=O)/C(=C\c2ccco2)SC1=S)Nc1ccccc1C(=O)O. The van der Waals surface area contributed by atoms with Crippen LogP contribution in [0.15, 0.2) is 52.0 Å². The number of aromatic carboxylic acids is 1. The van der Waals surface area contributed by atoms with Crippen LogP contribution < -0.4 is 5.32 Å². The summed E-state index contributed by atoms with van der Waals surface area (Å²) in [6, 6.07) is 9.41. The maximum atomic E-state index is 12.4. The molecule has 0 unspecified atom stereocenters. The molecule has 0 bridgehead atoms. The average molecular weight is 388 g/mol. The number of amides is 2. The normalized spacial score (nSPS) is 15.5. The van der Waals surface area contributed by atoms with Gasteiger partial charge in [0.05, 0.1) is 22.4 Å². The van der Waals surface area contributed by atoms with Gasteiger partial charge in [0.2, 0.25) is 5.91 Å². The Balaban J connectivity index is 1.71. The highest BCUT2D eigenvalue weighted by molar-refractivity contribution is 8.26. The minimum Gasteiger partial charge on any atom is -0.478 e. The molecule has 9 heteroatoms. The highest BCUT2D eigenvalue weighted by atomic mass is 32.2. The van der Waals surface area contributed by atoms with Crippen molar-refractivity contribution in [3.05, 3.63) is 58.9 Å². The van der Waals surface area contributed by atoms with Gasteiger partial charge in [0.15, 0.2) is 0 Å². The van der Waals surface area contributed by atoms with Crippen LogP contribution in [-0.2, 0) is 9.59 Å². The Morgan fingerprint density at radius 3 is 2.73 bits per heavy atom. The second-order valence-corrected chi connectivity index (χ2v) is 6.86. The van der Waals surface area contributed by atoms with E-state index in [9.17, 15) is 14.4 Å². The highest BCUT2D eigenvalue weighted by Crippen LogP contribution is 2.32. The molecular formula is C17H12N2O5S2. The third kappa shape index (κ3) is 3.84. The number of furan rings is 1. The molecule has 0 saturated carbocycles. The number of anilines is 1. The molecule has 1 aromatic carbocycles. The fourth-order valence-corrected chi connectivity index (χ4v) is 3.49. The maximum absolute atomic E-state index is 12.4. The van der Waals surface area contributed by atoms with E-state index in [4.69, 9.17) is 21.7 Å². The largest absolute Gasteiger partial charge is 0.478 e. The number of benzene rings is 1. The van der Waals surface area contributed by atoms with Crippen LogP contribution in [-0.4, -0.2) is 38.7 Å². The van der Waals surface area contributed by atoms with Crippen LogP contribution in [0.5, 0.6) is 0 Å². The first kappa shape index (κ1) is 17.9. The van der Waals surface area contributed by atoms with Gasteiger partial charge in [0.1, 0.15) is 16.6 Å². The zero-order valence-corrected chi connectivity index (χ0v) is 14.8. The van der Waals surface area contributed by atoms with Crippen molar-refractivity contribution >= 4 is 57.8 Å². The van der Waals surface area contributed by atoms with E-state index in [1.54, 1.807) is 30.3 Å². The number of hydrogen-bond donors (Lipinski definition) is 2. The van der Waals surface area contributed by atoms with Crippen molar-refractivity contribution in [2.75, 3.05) is 11.9 Å². The van der Waals surface area contributed by atoms with Crippen LogP contribution in [0, 0.1) is 0 Å². The lowest BCUT2D eigenvalue weighted by Gasteiger charge is -2.15. The molecule has 2 heterocycles. The van der Waals surface area contributed by atoms with Crippen molar-refractivity contribution in [3.63, 3.8) is 0 Å². The molecule has 1 fully saturated rings. The molecule has 1 aliphatic rings. The van der Waals surface area contributed by atoms with Crippen molar-refractivity contribution in [2.45, 2.75) is 0 Å². The van der Waals surface area contributed by atoms with Gasteiger partial charge < -0.3 is 14.8 Å². The molecule has 2 aromatic rings. The number of carbonyl (C=O) groups is 3. The molecule has 0 atom stereocenters. The fraction of sp³-hybridized carbons (Fsp3) is 0.0588. The second-order valence-electron chi connectivity index (χ2n) is 5.18. The number of thioether (sulfide) groups is 1. The van der Waals surface area contributed by atoms with Gasteiger partial charge in [-0.2, -0.15) is 0 Å². The molecular weight excluding hydrogens is 376 g/mol. The highest BCUT2D eigenvalue weighted by Gasteiger charge is 2.33. The van der Waals surface area contributed by atoms with Crippen LogP contribution >= 0.6 is 24.0 Å². The lowest BCUT2D eigenvalue weighted by molar-refractivity contribution is -0.126. The van der Waals surface area contributed by atoms with Gasteiger partial charge in [0, 0.05) is 6.08 Å². The van der Waals surface area contributed by atoms with Gasteiger partial charge in [-0.1, -0.05) is 36.1 Å². The van der Waals surface area contributed by atoms with Crippen LogP contribution in [0.1, 0.15) is 16.1 Å². The van der Waals surface area contributed by atoms with Crippen molar-refractivity contribution in [1.29, 1.82) is 0 Å². The molecule has 2 amide bonds. The molecule has 1 saturated heterocycles. The Kier molecular flexibility index (Phi) is 5.19. The summed E-state index contributed by atoms with van der Waals surface area (Å²) in [6.45, 7) is -0.311. The predicted molar refractivity (Wildman–Crippen MR) is 101 cm³/mol. The number of thiocarbonyl (C=S) groups is 1. The third-order valence-corrected chi connectivity index (χ3v) is 4.80. The van der Waals surface area contributed by atoms with Crippen molar-refractivity contribution in [2.24, 2.45) is 0 Å². The first-order valence-corrected chi connectivity index (χ1v) is 8.59. The van der Waals surface area contributed by atoms with E-state index in [1.807, 2.05) is 0 Å². The number of carbonyl (C=O) groups excluding carboxylic acids is 2. The standard InChI is InChI=1S/C17H12N2O5S2/c20-14(18-12-6-2-1-5-11(12)16(22)23)9-19-15(21)13(26-17(19)25)8-10-4-3-7-24-10/h1-8H,9H2,(H,18,20)(H,22,23)/b13-8+. The monoisotopic (exact) mass is 388 g/mol. The average Bonchev–Trinajstić information content (AvgIpc) is 3.19. The number of carboxylic acid groups (broad SMARTS) is 1. The second kappa shape index (κ2) is 7.54. The lowest BCUT2D eigenvalue weighted by atomic mass is 10.2. The molecule has 26 heavy (non-hydrogen) atoms. The van der Waals surface area contributed by atoms with E-state index >= 15 is 0 Å². The number of para-hydroxylation sites is 1. The van der Waals surface area contributed by atoms with Crippen LogP contribution in [0.3, 0.4) is 0 Å². The Morgan fingerprint density at radius 2 is 2.04 bits per heavy atom. The van der Waals surface area contributed by atoms with Gasteiger partial charge in [-0.25, -0.2) is 4.79 Å². The molecule has 132 valence electrons. The smallest absolute Gasteiger partial charge is 0.337 e. The molecule has 1 aliphatic heterocycles. The van der Waals surface area contributed by atoms with Gasteiger partial charge in [-0.3, -0.25) is 14.5 Å². The Hall–Kier alpha value is -2.91. The van der Waals surface area contributed by atoms with E-state index in [0.717, 1.165) is 16.7 Å². The summed E-state index contributed by atoms with van der Waals surface area (Å²) in [7, 11) is 0. The van der Waals surface area contributed by atoms with Gasteiger partial charge in [-0.05, 0) is 24.3 Å². The first-order chi connectivity index (χ1) is 12.5. The van der Waals surface area contributed by atoms with Crippen LogP contribution in [0.25, 0.3) is 6.08 Å². The molecule has 1 aromatic heterocycles. The maximum Gasteiger partial charge on any atom is 0.337 e. The fourth-order valence-electron chi connectivity index (χ4n) is 2.25. The molecule has 3 rings (SSSR count). The summed E-state index contributed by atoms with van der Waals surface area (Å²) in [5.74, 6) is -1.61. The first-order valence-electron chi connectivity index (χ1n) is 7.37. The topological polar surface area (TPSA) is 99.9 Å². The summed E-state index contributed by atoms with van der Waals surface area (Å²) >= 11 is 6.23. The summed E-state index contributed by atoms with van der Waals surface area (Å²) in [4.78, 5) is 37.4. The van der Waals surface area contributed by atoms with E-state index in [-0.39, 0.29) is 22.1 Å². The quantitative estimate of drug-likeness (QED) is 0.600. The number of nitrogens with zero attached hydrogens (tertiary/aromatic N) is 1. The zero-order valence-electron chi connectivity index (χ0n) is 13.2. The van der Waals surface area contributed by atoms with Gasteiger partial charge in [-0.15, -0.1) is 0 Å². The minimum atomic E-state index is -1.16. The van der Waals surface area contributed by atoms with Gasteiger partial charge >= 0.3 is 5.97 Å². The Bertz CT molecular complexity index is 921. The van der Waals surface area contributed by atoms with Crippen LogP contribution in [0.2, 0.25) is 0 Å². The summed E-state index contributed by atoms with van der Waals surface area (Å²) in [6.07, 6.45) is 3.04. The summed E-state index contributed by atoms with van der Waals surface area (Å²) < 4.78 is 5.42. The number of carboxylic acids is 1. The van der Waals surface area contributed by atoms with Gasteiger partial charge in [0.25, 0.3) is 5.91 Å². The Morgan fingerprint density at radius 1 is 1.27 bits per heavy atom. The zero-order chi connectivity index (χ0) is 18.7. The van der Waals surface area contributed by atoms with E-state index in [2.05, 4.69) is 5.32 Å². The van der Waals surface area contributed by atoms with Crippen molar-refractivity contribution in [3.8, 4) is 0 Å². The minimum absolute atomic E-state index is 0.0380. The molecule has 0 spiro atoms. The molecule has 0 radical (unpaired) electrons. The summed E-state index contributed by atoms with van der Waals surface area (Å²) in [5, 5.41) is 11.6. The number of nitrogens with one attached hydrogen (secondary N) is 1. The number of rotatable bonds is 5. The number of hydrogen-bond acceptors (Lipinski definition) is 6. The molecule has 2 N–H and O–H groups in total. The third-order valence-electron chi connectivity index (χ3n) is 3.42. The van der Waals surface area contributed by atoms with Crippen molar-refractivity contribution in [1.82, 2.24) is 4.90 Å². The van der Waals surface area contributed by atoms with Crippen LogP contribution in [0.4, 0.5) is 5.69 Å². The summed E-state index contributed by atoms with van der Waals surface area (Å²) in [5.41, 5.74) is 0.116. The van der Waals surface area contributed by atoms with Crippen molar-refractivity contribution < 1.29 is 23.9 Å². The molecule has 0 aliphatic carbocycles. The lowest BCUT2D eigenvalue weighted by Crippen LogP contribution is -2.36. The Labute approximate surface area is 157 Å². The van der Waals surface area contributed by atoms with E-state index in [0.29, 0.717) is 10.7 Å².